The number of aryl methyl sites for hydroxylation is 1. The molecule has 2 atom stereocenters. The van der Waals surface area contributed by atoms with Gasteiger partial charge in [-0.3, -0.25) is 14.9 Å². The van der Waals surface area contributed by atoms with Crippen LogP contribution < -0.4 is 16.0 Å². The van der Waals surface area contributed by atoms with Crippen molar-refractivity contribution in [2.75, 3.05) is 5.32 Å². The number of benzene rings is 2. The lowest BCUT2D eigenvalue weighted by atomic mass is 9.88. The fourth-order valence-corrected chi connectivity index (χ4v) is 4.15. The van der Waals surface area contributed by atoms with Crippen molar-refractivity contribution in [1.82, 2.24) is 10.6 Å². The van der Waals surface area contributed by atoms with Crippen LogP contribution in [0, 0.1) is 12.7 Å². The fourth-order valence-electron chi connectivity index (χ4n) is 3.48. The molecule has 138 valence electrons. The summed E-state index contributed by atoms with van der Waals surface area (Å²) in [5, 5.41) is 6.28. The molecular weight excluding hydrogens is 396 g/mol. The molecule has 2 aromatic carbocycles. The largest absolute Gasteiger partial charge is 0.323 e. The van der Waals surface area contributed by atoms with Gasteiger partial charge in [0.15, 0.2) is 0 Å². The highest BCUT2D eigenvalue weighted by Crippen LogP contribution is 2.44. The molecule has 2 aliphatic heterocycles. The normalized spacial score (nSPS) is 21.7. The minimum Gasteiger partial charge on any atom is -0.323 e. The third-order valence-corrected chi connectivity index (χ3v) is 5.56. The van der Waals surface area contributed by atoms with Crippen molar-refractivity contribution in [3.8, 4) is 0 Å². The summed E-state index contributed by atoms with van der Waals surface area (Å²) in [5.74, 6) is -2.03. The summed E-state index contributed by atoms with van der Waals surface area (Å²) in [4.78, 5) is 36.6. The van der Waals surface area contributed by atoms with E-state index in [-0.39, 0.29) is 16.1 Å². The molecule has 0 radical (unpaired) electrons. The number of anilines is 1. The van der Waals surface area contributed by atoms with Gasteiger partial charge in [-0.25, -0.2) is 9.18 Å². The Kier molecular flexibility index (Phi) is 3.90. The summed E-state index contributed by atoms with van der Waals surface area (Å²) in [6.45, 7) is 1.71. The molecular formula is C18H12Cl2FN3O3. The first kappa shape index (κ1) is 17.8. The van der Waals surface area contributed by atoms with Crippen molar-refractivity contribution in [3.05, 3.63) is 63.4 Å². The number of alkyl halides is 1. The Labute approximate surface area is 163 Å². The molecule has 1 fully saturated rings. The van der Waals surface area contributed by atoms with Gasteiger partial charge in [-0.1, -0.05) is 23.7 Å². The summed E-state index contributed by atoms with van der Waals surface area (Å²) in [6.07, 6.45) is 0. The highest BCUT2D eigenvalue weighted by Gasteiger charge is 2.59. The number of hydrogen-bond donors (Lipinski definition) is 3. The van der Waals surface area contributed by atoms with E-state index in [2.05, 4.69) is 16.0 Å². The molecule has 1 saturated heterocycles. The van der Waals surface area contributed by atoms with Gasteiger partial charge in [0.05, 0.1) is 11.1 Å². The van der Waals surface area contributed by atoms with Crippen LogP contribution in [-0.2, 0) is 15.1 Å². The standard InChI is InChI=1S/C18H12Cl2FN3O3/c1-7-5-8(13(20)12-10(19)3-2-4-11(12)21)6-9-14(7)22-15(25)18(9)16(26)23-17(27)24-18/h2-6,13H,1H3,(H,22,25)(H2,23,24,26,27). The molecule has 0 aliphatic carbocycles. The predicted octanol–water partition coefficient (Wildman–Crippen LogP) is 3.10. The Morgan fingerprint density at radius 2 is 1.81 bits per heavy atom. The Balaban J connectivity index is 1.89. The van der Waals surface area contributed by atoms with E-state index < -0.39 is 34.6 Å². The molecule has 0 aromatic heterocycles. The van der Waals surface area contributed by atoms with E-state index in [1.807, 2.05) is 0 Å². The fraction of sp³-hybridized carbons (Fsp3) is 0.167. The van der Waals surface area contributed by atoms with Crippen LogP contribution in [-0.4, -0.2) is 17.8 Å². The monoisotopic (exact) mass is 407 g/mol. The van der Waals surface area contributed by atoms with Gasteiger partial charge in [-0.05, 0) is 36.2 Å². The first-order valence-corrected chi connectivity index (χ1v) is 8.75. The van der Waals surface area contributed by atoms with E-state index in [1.54, 1.807) is 13.0 Å². The van der Waals surface area contributed by atoms with E-state index in [0.29, 0.717) is 16.8 Å². The zero-order chi connectivity index (χ0) is 19.5. The molecule has 2 unspecified atom stereocenters. The number of rotatable bonds is 2. The number of carbonyl (C=O) groups is 3. The summed E-state index contributed by atoms with van der Waals surface area (Å²) in [7, 11) is 0. The van der Waals surface area contributed by atoms with Gasteiger partial charge < -0.3 is 10.6 Å². The smallest absolute Gasteiger partial charge is 0.323 e. The summed E-state index contributed by atoms with van der Waals surface area (Å²) >= 11 is 12.6. The highest BCUT2D eigenvalue weighted by molar-refractivity contribution is 6.33. The van der Waals surface area contributed by atoms with E-state index >= 15 is 0 Å². The minimum absolute atomic E-state index is 0.0893. The average molecular weight is 408 g/mol. The number of imide groups is 1. The van der Waals surface area contributed by atoms with Crippen LogP contribution in [0.2, 0.25) is 5.02 Å². The number of urea groups is 1. The van der Waals surface area contributed by atoms with Crippen LogP contribution in [0.15, 0.2) is 30.3 Å². The van der Waals surface area contributed by atoms with Crippen molar-refractivity contribution < 1.29 is 18.8 Å². The quantitative estimate of drug-likeness (QED) is 0.406. The highest BCUT2D eigenvalue weighted by atomic mass is 35.5. The lowest BCUT2D eigenvalue weighted by Crippen LogP contribution is -2.49. The van der Waals surface area contributed by atoms with Crippen LogP contribution in [0.1, 0.15) is 27.6 Å². The first-order chi connectivity index (χ1) is 12.8. The Morgan fingerprint density at radius 3 is 2.44 bits per heavy atom. The zero-order valence-corrected chi connectivity index (χ0v) is 15.3. The Hall–Kier alpha value is -2.64. The van der Waals surface area contributed by atoms with Gasteiger partial charge in [0.1, 0.15) is 5.82 Å². The molecule has 9 heteroatoms. The van der Waals surface area contributed by atoms with Gasteiger partial charge >= 0.3 is 6.03 Å². The van der Waals surface area contributed by atoms with Gasteiger partial charge in [0.2, 0.25) is 5.54 Å². The maximum atomic E-state index is 14.3. The van der Waals surface area contributed by atoms with Crippen LogP contribution in [0.3, 0.4) is 0 Å². The number of hydrogen-bond acceptors (Lipinski definition) is 3. The molecule has 1 spiro atoms. The van der Waals surface area contributed by atoms with E-state index in [1.165, 1.54) is 24.3 Å². The maximum Gasteiger partial charge on any atom is 0.323 e. The zero-order valence-electron chi connectivity index (χ0n) is 13.8. The van der Waals surface area contributed by atoms with E-state index in [9.17, 15) is 18.8 Å². The van der Waals surface area contributed by atoms with Gasteiger partial charge in [-0.2, -0.15) is 0 Å². The van der Waals surface area contributed by atoms with E-state index in [0.717, 1.165) is 0 Å². The predicted molar refractivity (Wildman–Crippen MR) is 97.3 cm³/mol. The summed E-state index contributed by atoms with van der Waals surface area (Å²) in [6, 6.07) is 6.64. The Morgan fingerprint density at radius 1 is 1.11 bits per heavy atom. The molecule has 4 rings (SSSR count). The average Bonchev–Trinajstić information content (AvgIpc) is 3.05. The maximum absolute atomic E-state index is 14.3. The molecule has 0 saturated carbocycles. The SMILES string of the molecule is Cc1cc(C(Cl)c2c(F)cccc2Cl)cc2c1NC(=O)C21NC(=O)NC1=O. The molecule has 2 aliphatic rings. The van der Waals surface area contributed by atoms with Gasteiger partial charge in [-0.15, -0.1) is 11.6 Å². The third kappa shape index (κ3) is 2.42. The second-order valence-electron chi connectivity index (χ2n) is 6.37. The lowest BCUT2D eigenvalue weighted by molar-refractivity contribution is -0.132. The lowest BCUT2D eigenvalue weighted by Gasteiger charge is -2.20. The first-order valence-electron chi connectivity index (χ1n) is 7.93. The van der Waals surface area contributed by atoms with Crippen molar-refractivity contribution in [2.24, 2.45) is 0 Å². The number of amides is 4. The second-order valence-corrected chi connectivity index (χ2v) is 7.21. The van der Waals surface area contributed by atoms with Gasteiger partial charge in [0, 0.05) is 16.1 Å². The molecule has 2 heterocycles. The van der Waals surface area contributed by atoms with Gasteiger partial charge in [0.25, 0.3) is 11.8 Å². The molecule has 6 nitrogen and oxygen atoms in total. The summed E-state index contributed by atoms with van der Waals surface area (Å²) < 4.78 is 14.3. The molecule has 0 bridgehead atoms. The van der Waals surface area contributed by atoms with E-state index in [4.69, 9.17) is 23.2 Å². The number of nitrogens with one attached hydrogen (secondary N) is 3. The van der Waals surface area contributed by atoms with Crippen LogP contribution in [0.4, 0.5) is 14.9 Å². The number of fused-ring (bicyclic) bond motifs is 2. The van der Waals surface area contributed by atoms with Crippen molar-refractivity contribution in [3.63, 3.8) is 0 Å². The molecule has 4 amide bonds. The molecule has 2 aromatic rings. The Bertz CT molecular complexity index is 1020. The number of halogens is 3. The molecule has 3 N–H and O–H groups in total. The van der Waals surface area contributed by atoms with Crippen molar-refractivity contribution in [1.29, 1.82) is 0 Å². The second kappa shape index (κ2) is 5.94. The van der Waals surface area contributed by atoms with Crippen LogP contribution in [0.25, 0.3) is 0 Å². The number of carbonyl (C=O) groups excluding carboxylic acids is 3. The van der Waals surface area contributed by atoms with Crippen LogP contribution >= 0.6 is 23.2 Å². The van der Waals surface area contributed by atoms with Crippen molar-refractivity contribution in [2.45, 2.75) is 17.8 Å². The topological polar surface area (TPSA) is 87.3 Å². The molecule has 27 heavy (non-hydrogen) atoms. The van der Waals surface area contributed by atoms with Crippen molar-refractivity contribution >= 4 is 46.7 Å². The third-order valence-electron chi connectivity index (χ3n) is 4.76. The minimum atomic E-state index is -1.87. The summed E-state index contributed by atoms with van der Waals surface area (Å²) in [5.41, 5.74) is -0.0764. The van der Waals surface area contributed by atoms with Crippen LogP contribution in [0.5, 0.6) is 0 Å².